The van der Waals surface area contributed by atoms with E-state index in [4.69, 9.17) is 9.47 Å². The fraction of sp³-hybridized carbons (Fsp3) is 0.708. The normalized spacial score (nSPS) is 21.6. The van der Waals surface area contributed by atoms with Crippen molar-refractivity contribution in [3.63, 3.8) is 0 Å². The number of guanidine groups is 1. The summed E-state index contributed by atoms with van der Waals surface area (Å²) in [7, 11) is 1.82. The highest BCUT2D eigenvalue weighted by molar-refractivity contribution is 5.79. The van der Waals surface area contributed by atoms with Gasteiger partial charge in [-0.25, -0.2) is 0 Å². The first kappa shape index (κ1) is 24.6. The maximum atomic E-state index is 5.88. The summed E-state index contributed by atoms with van der Waals surface area (Å²) in [4.78, 5) is 6.87. The number of morpholine rings is 1. The van der Waals surface area contributed by atoms with Gasteiger partial charge < -0.3 is 20.1 Å². The van der Waals surface area contributed by atoms with E-state index in [-0.39, 0.29) is 18.3 Å². The van der Waals surface area contributed by atoms with Crippen LogP contribution in [0.1, 0.15) is 52.2 Å². The van der Waals surface area contributed by atoms with Crippen LogP contribution >= 0.6 is 0 Å². The van der Waals surface area contributed by atoms with E-state index in [0.29, 0.717) is 5.92 Å². The summed E-state index contributed by atoms with van der Waals surface area (Å²) in [6.45, 7) is 16.0. The number of aliphatic imine (C=N–C) groups is 1. The van der Waals surface area contributed by atoms with Gasteiger partial charge >= 0.3 is 0 Å². The van der Waals surface area contributed by atoms with E-state index < -0.39 is 0 Å². The van der Waals surface area contributed by atoms with Crippen molar-refractivity contribution in [2.45, 2.75) is 72.4 Å². The van der Waals surface area contributed by atoms with Gasteiger partial charge in [-0.3, -0.25) is 9.89 Å². The lowest BCUT2D eigenvalue weighted by Gasteiger charge is -2.35. The minimum atomic E-state index is 0.277. The Hall–Kier alpha value is -1.63. The van der Waals surface area contributed by atoms with Gasteiger partial charge in [-0.15, -0.1) is 0 Å². The molecule has 30 heavy (non-hydrogen) atoms. The van der Waals surface area contributed by atoms with Crippen LogP contribution in [0.3, 0.4) is 0 Å². The summed E-state index contributed by atoms with van der Waals surface area (Å²) in [6.07, 6.45) is 1.82. The molecule has 0 aliphatic carbocycles. The molecular formula is C24H42N4O2. The lowest BCUT2D eigenvalue weighted by molar-refractivity contribution is -0.0705. The van der Waals surface area contributed by atoms with Crippen LogP contribution in [0.2, 0.25) is 0 Å². The number of benzene rings is 1. The van der Waals surface area contributed by atoms with Gasteiger partial charge in [0.2, 0.25) is 0 Å². The second kappa shape index (κ2) is 12.9. The zero-order chi connectivity index (χ0) is 21.9. The maximum Gasteiger partial charge on any atom is 0.191 e. The molecule has 0 bridgehead atoms. The second-order valence-corrected chi connectivity index (χ2v) is 8.60. The lowest BCUT2D eigenvalue weighted by atomic mass is 10.0. The van der Waals surface area contributed by atoms with E-state index >= 15 is 0 Å². The fourth-order valence-corrected chi connectivity index (χ4v) is 4.09. The molecule has 1 aromatic carbocycles. The molecule has 1 fully saturated rings. The van der Waals surface area contributed by atoms with Crippen molar-refractivity contribution < 1.29 is 9.47 Å². The Bertz CT molecular complexity index is 640. The Kier molecular flexibility index (Phi) is 10.6. The van der Waals surface area contributed by atoms with Crippen molar-refractivity contribution in [1.29, 1.82) is 0 Å². The summed E-state index contributed by atoms with van der Waals surface area (Å²) in [6, 6.07) is 8.66. The van der Waals surface area contributed by atoms with Gasteiger partial charge in [-0.1, -0.05) is 38.1 Å². The Morgan fingerprint density at radius 1 is 1.17 bits per heavy atom. The third-order valence-corrected chi connectivity index (χ3v) is 5.52. The van der Waals surface area contributed by atoms with E-state index in [1.54, 1.807) is 0 Å². The van der Waals surface area contributed by atoms with Crippen LogP contribution in [-0.4, -0.2) is 62.5 Å². The monoisotopic (exact) mass is 418 g/mol. The van der Waals surface area contributed by atoms with Crippen LogP contribution in [0.5, 0.6) is 0 Å². The Morgan fingerprint density at radius 3 is 2.43 bits per heavy atom. The van der Waals surface area contributed by atoms with E-state index in [1.807, 2.05) is 7.05 Å². The third-order valence-electron chi connectivity index (χ3n) is 5.52. The van der Waals surface area contributed by atoms with E-state index in [9.17, 15) is 0 Å². The van der Waals surface area contributed by atoms with Crippen molar-refractivity contribution >= 4 is 5.96 Å². The Balaban J connectivity index is 1.87. The van der Waals surface area contributed by atoms with Crippen LogP contribution in [0.25, 0.3) is 0 Å². The van der Waals surface area contributed by atoms with Crippen LogP contribution in [0, 0.1) is 5.92 Å². The molecule has 170 valence electrons. The summed E-state index contributed by atoms with van der Waals surface area (Å²) in [5.74, 6) is 1.34. The standard InChI is InChI=1S/C24H42N4O2/c1-7-29-23(18(2)3)12-13-26-24(25-6)27-14-21-10-8-9-11-22(21)17-28-15-19(4)30-20(5)16-28/h8-11,18-20,23H,7,12-17H2,1-6H3,(H2,25,26,27). The van der Waals surface area contributed by atoms with E-state index in [2.05, 4.69) is 79.4 Å². The molecule has 0 saturated carbocycles. The van der Waals surface area contributed by atoms with Crippen molar-refractivity contribution in [2.24, 2.45) is 10.9 Å². The molecule has 0 aromatic heterocycles. The van der Waals surface area contributed by atoms with Gasteiger partial charge in [0.1, 0.15) is 0 Å². The predicted octanol–water partition coefficient (Wildman–Crippen LogP) is 3.41. The van der Waals surface area contributed by atoms with Crippen LogP contribution in [-0.2, 0) is 22.6 Å². The molecule has 0 spiro atoms. The molecule has 6 heteroatoms. The zero-order valence-electron chi connectivity index (χ0n) is 19.8. The minimum absolute atomic E-state index is 0.277. The first-order chi connectivity index (χ1) is 14.4. The van der Waals surface area contributed by atoms with Crippen molar-refractivity contribution in [3.8, 4) is 0 Å². The first-order valence-corrected chi connectivity index (χ1v) is 11.4. The van der Waals surface area contributed by atoms with Crippen molar-refractivity contribution in [1.82, 2.24) is 15.5 Å². The van der Waals surface area contributed by atoms with Crippen molar-refractivity contribution in [2.75, 3.05) is 33.3 Å². The highest BCUT2D eigenvalue weighted by Gasteiger charge is 2.22. The van der Waals surface area contributed by atoms with Gasteiger partial charge in [-0.2, -0.15) is 0 Å². The molecule has 2 rings (SSSR count). The summed E-state index contributed by atoms with van der Waals surface area (Å²) >= 11 is 0. The molecule has 1 aliphatic rings. The number of nitrogens with zero attached hydrogens (tertiary/aromatic N) is 2. The van der Waals surface area contributed by atoms with E-state index in [1.165, 1.54) is 11.1 Å². The maximum absolute atomic E-state index is 5.88. The number of nitrogens with one attached hydrogen (secondary N) is 2. The van der Waals surface area contributed by atoms with Crippen LogP contribution < -0.4 is 10.6 Å². The minimum Gasteiger partial charge on any atom is -0.378 e. The average Bonchev–Trinajstić information content (AvgIpc) is 2.69. The average molecular weight is 419 g/mol. The molecule has 1 aliphatic heterocycles. The molecule has 6 nitrogen and oxygen atoms in total. The van der Waals surface area contributed by atoms with Gasteiger partial charge in [0.25, 0.3) is 0 Å². The third kappa shape index (κ3) is 8.25. The van der Waals surface area contributed by atoms with Crippen LogP contribution in [0.15, 0.2) is 29.3 Å². The number of ether oxygens (including phenoxy) is 2. The van der Waals surface area contributed by atoms with Gasteiger partial charge in [0, 0.05) is 46.4 Å². The quantitative estimate of drug-likeness (QED) is 0.450. The molecule has 1 saturated heterocycles. The zero-order valence-corrected chi connectivity index (χ0v) is 19.8. The Morgan fingerprint density at radius 2 is 1.83 bits per heavy atom. The molecule has 1 aromatic rings. The molecule has 2 N–H and O–H groups in total. The summed E-state index contributed by atoms with van der Waals surface area (Å²) in [5.41, 5.74) is 2.67. The van der Waals surface area contributed by atoms with Crippen molar-refractivity contribution in [3.05, 3.63) is 35.4 Å². The highest BCUT2D eigenvalue weighted by atomic mass is 16.5. The molecule has 0 radical (unpaired) electrons. The van der Waals surface area contributed by atoms with Gasteiger partial charge in [-0.05, 0) is 44.2 Å². The Labute approximate surface area is 183 Å². The first-order valence-electron chi connectivity index (χ1n) is 11.4. The topological polar surface area (TPSA) is 58.1 Å². The SMILES string of the molecule is CCOC(CCNC(=NC)NCc1ccccc1CN1CC(C)OC(C)C1)C(C)C. The lowest BCUT2D eigenvalue weighted by Crippen LogP contribution is -2.45. The molecular weight excluding hydrogens is 376 g/mol. The van der Waals surface area contributed by atoms with Crippen LogP contribution in [0.4, 0.5) is 0 Å². The summed E-state index contributed by atoms with van der Waals surface area (Å²) in [5, 5.41) is 6.90. The van der Waals surface area contributed by atoms with Gasteiger partial charge in [0.05, 0.1) is 18.3 Å². The molecule has 0 amide bonds. The van der Waals surface area contributed by atoms with E-state index in [0.717, 1.165) is 51.7 Å². The number of hydrogen-bond donors (Lipinski definition) is 2. The highest BCUT2D eigenvalue weighted by Crippen LogP contribution is 2.17. The molecule has 3 unspecified atom stereocenters. The number of rotatable bonds is 10. The number of hydrogen-bond acceptors (Lipinski definition) is 4. The smallest absolute Gasteiger partial charge is 0.191 e. The second-order valence-electron chi connectivity index (χ2n) is 8.60. The predicted molar refractivity (Wildman–Crippen MR) is 125 cm³/mol. The molecule has 1 heterocycles. The largest absolute Gasteiger partial charge is 0.378 e. The molecule has 3 atom stereocenters. The van der Waals surface area contributed by atoms with Gasteiger partial charge in [0.15, 0.2) is 5.96 Å². The fourth-order valence-electron chi connectivity index (χ4n) is 4.09. The summed E-state index contributed by atoms with van der Waals surface area (Å²) < 4.78 is 11.7.